The van der Waals surface area contributed by atoms with Crippen molar-refractivity contribution < 1.29 is 4.79 Å². The molecule has 2 saturated carbocycles. The van der Waals surface area contributed by atoms with Gasteiger partial charge in [0.2, 0.25) is 11.9 Å². The molecule has 1 atom stereocenters. The highest BCUT2D eigenvalue weighted by Gasteiger charge is 2.55. The summed E-state index contributed by atoms with van der Waals surface area (Å²) in [5, 5.41) is 7.94. The average Bonchev–Trinajstić information content (AvgIpc) is 3.51. The number of nitrogens with one attached hydrogen (secondary N) is 2. The highest BCUT2D eigenvalue weighted by Crippen LogP contribution is 2.57. The van der Waals surface area contributed by atoms with E-state index in [2.05, 4.69) is 16.7 Å². The van der Waals surface area contributed by atoms with Gasteiger partial charge in [-0.2, -0.15) is 4.98 Å². The molecule has 0 saturated heterocycles. The molecule has 0 bridgehead atoms. The van der Waals surface area contributed by atoms with Crippen LogP contribution in [0.4, 0.5) is 11.8 Å². The second-order valence-corrected chi connectivity index (χ2v) is 10.0. The zero-order valence-corrected chi connectivity index (χ0v) is 20.2. The van der Waals surface area contributed by atoms with Gasteiger partial charge in [0.25, 0.3) is 0 Å². The number of rotatable bonds is 6. The average molecular weight is 456 g/mol. The summed E-state index contributed by atoms with van der Waals surface area (Å²) in [6, 6.07) is 18.8. The molecule has 2 fully saturated rings. The fourth-order valence-corrected chi connectivity index (χ4v) is 5.23. The Morgan fingerprint density at radius 1 is 1.03 bits per heavy atom. The van der Waals surface area contributed by atoms with E-state index in [1.54, 1.807) is 0 Å². The predicted molar refractivity (Wildman–Crippen MR) is 139 cm³/mol. The normalized spacial score (nSPS) is 24.1. The zero-order chi connectivity index (χ0) is 23.7. The molecule has 5 rings (SSSR count). The lowest BCUT2D eigenvalue weighted by Gasteiger charge is -2.30. The Morgan fingerprint density at radius 3 is 2.47 bits per heavy atom. The van der Waals surface area contributed by atoms with E-state index in [-0.39, 0.29) is 11.9 Å². The number of carbonyl (C=O) groups excluding carboxylic acids is 1. The monoisotopic (exact) mass is 455 g/mol. The smallest absolute Gasteiger partial charge is 0.247 e. The Labute approximate surface area is 201 Å². The van der Waals surface area contributed by atoms with Gasteiger partial charge < -0.3 is 15.5 Å². The van der Waals surface area contributed by atoms with Gasteiger partial charge in [0, 0.05) is 37.1 Å². The summed E-state index contributed by atoms with van der Waals surface area (Å²) in [4.78, 5) is 24.3. The maximum Gasteiger partial charge on any atom is 0.247 e. The van der Waals surface area contributed by atoms with Crippen molar-refractivity contribution in [3.63, 3.8) is 0 Å². The van der Waals surface area contributed by atoms with Crippen molar-refractivity contribution in [1.29, 1.82) is 0 Å². The number of fused-ring (bicyclic) bond motifs is 1. The van der Waals surface area contributed by atoms with Crippen LogP contribution in [0, 0.1) is 5.41 Å². The molecule has 6 heteroatoms. The van der Waals surface area contributed by atoms with E-state index in [0.29, 0.717) is 17.4 Å². The third-order valence-corrected chi connectivity index (χ3v) is 7.36. The number of nitrogens with zero attached hydrogens (tertiary/aromatic N) is 3. The van der Waals surface area contributed by atoms with Crippen molar-refractivity contribution >= 4 is 34.7 Å². The molecule has 1 spiro atoms. The second kappa shape index (κ2) is 9.09. The van der Waals surface area contributed by atoms with Gasteiger partial charge in [-0.05, 0) is 68.2 Å². The van der Waals surface area contributed by atoms with Gasteiger partial charge >= 0.3 is 0 Å². The number of benzene rings is 2. The summed E-state index contributed by atoms with van der Waals surface area (Å²) in [5.74, 6) is 1.69. The van der Waals surface area contributed by atoms with Gasteiger partial charge in [0.05, 0.1) is 5.52 Å². The minimum atomic E-state index is 0.0380. The van der Waals surface area contributed by atoms with E-state index in [1.165, 1.54) is 0 Å². The van der Waals surface area contributed by atoms with Gasteiger partial charge in [-0.15, -0.1) is 0 Å². The molecule has 2 aromatic carbocycles. The van der Waals surface area contributed by atoms with Gasteiger partial charge in [0.15, 0.2) is 0 Å². The van der Waals surface area contributed by atoms with E-state index in [1.807, 2.05) is 80.5 Å². The zero-order valence-electron chi connectivity index (χ0n) is 20.2. The topological polar surface area (TPSA) is 70.2 Å². The molecule has 2 aliphatic carbocycles. The summed E-state index contributed by atoms with van der Waals surface area (Å²) in [6.07, 6.45) is 7.37. The van der Waals surface area contributed by atoms with E-state index in [0.717, 1.165) is 60.0 Å². The van der Waals surface area contributed by atoms with Crippen LogP contribution in [0.5, 0.6) is 0 Å². The van der Waals surface area contributed by atoms with Crippen LogP contribution in [-0.2, 0) is 4.79 Å². The van der Waals surface area contributed by atoms with Crippen molar-refractivity contribution in [2.24, 2.45) is 5.41 Å². The molecular weight excluding hydrogens is 422 g/mol. The Hall–Kier alpha value is -3.41. The Kier molecular flexibility index (Phi) is 5.98. The lowest BCUT2D eigenvalue weighted by Crippen LogP contribution is -2.39. The maximum absolute atomic E-state index is 12.7. The SMILES string of the molecule is C/C(=C\c1ccccc1)C(=O)NC1CCC2(CC1)CC2Nc1nc(N(C)C)c2ccccc2n1. The van der Waals surface area contributed by atoms with Crippen molar-refractivity contribution in [3.05, 3.63) is 65.7 Å². The van der Waals surface area contributed by atoms with Crippen LogP contribution in [0.25, 0.3) is 17.0 Å². The first-order valence-corrected chi connectivity index (χ1v) is 12.2. The summed E-state index contributed by atoms with van der Waals surface area (Å²) in [5.41, 5.74) is 3.08. The fraction of sp³-hybridized carbons (Fsp3) is 0.393. The molecule has 1 unspecified atom stereocenters. The number of para-hydroxylation sites is 1. The highest BCUT2D eigenvalue weighted by molar-refractivity contribution is 5.97. The third kappa shape index (κ3) is 4.63. The molecule has 1 aromatic heterocycles. The first-order valence-electron chi connectivity index (χ1n) is 12.2. The van der Waals surface area contributed by atoms with E-state index >= 15 is 0 Å². The molecule has 6 nitrogen and oxygen atoms in total. The first-order chi connectivity index (χ1) is 16.4. The largest absolute Gasteiger partial charge is 0.362 e. The lowest BCUT2D eigenvalue weighted by molar-refractivity contribution is -0.118. The minimum Gasteiger partial charge on any atom is -0.362 e. The molecule has 3 aromatic rings. The van der Waals surface area contributed by atoms with Crippen LogP contribution in [0.1, 0.15) is 44.6 Å². The molecule has 34 heavy (non-hydrogen) atoms. The fourth-order valence-electron chi connectivity index (χ4n) is 5.23. The molecule has 0 radical (unpaired) electrons. The van der Waals surface area contributed by atoms with E-state index in [9.17, 15) is 4.79 Å². The molecule has 2 N–H and O–H groups in total. The van der Waals surface area contributed by atoms with Crippen LogP contribution in [0.3, 0.4) is 0 Å². The number of hydrogen-bond acceptors (Lipinski definition) is 5. The first kappa shape index (κ1) is 22.4. The minimum absolute atomic E-state index is 0.0380. The maximum atomic E-state index is 12.7. The number of anilines is 2. The number of amides is 1. The highest BCUT2D eigenvalue weighted by atomic mass is 16.1. The summed E-state index contributed by atoms with van der Waals surface area (Å²) in [6.45, 7) is 1.89. The van der Waals surface area contributed by atoms with Crippen LogP contribution >= 0.6 is 0 Å². The van der Waals surface area contributed by atoms with Crippen LogP contribution in [0.2, 0.25) is 0 Å². The lowest BCUT2D eigenvalue weighted by atomic mass is 9.82. The molecule has 1 heterocycles. The summed E-state index contributed by atoms with van der Waals surface area (Å²) >= 11 is 0. The van der Waals surface area contributed by atoms with Crippen LogP contribution < -0.4 is 15.5 Å². The van der Waals surface area contributed by atoms with Crippen molar-refractivity contribution in [1.82, 2.24) is 15.3 Å². The van der Waals surface area contributed by atoms with E-state index in [4.69, 9.17) is 9.97 Å². The number of hydrogen-bond donors (Lipinski definition) is 2. The van der Waals surface area contributed by atoms with Crippen molar-refractivity contribution in [2.45, 2.75) is 51.1 Å². The Bertz CT molecular complexity index is 1210. The molecule has 1 amide bonds. The standard InChI is InChI=1S/C28H33N5O/c1-19(17-20-9-5-4-6-10-20)26(34)29-21-13-15-28(16-14-21)18-24(28)31-27-30-23-12-8-7-11-22(23)25(32-27)33(2)3/h4-12,17,21,24H,13-16,18H2,1-3H3,(H,29,34)(H,30,31,32)/b19-17+. The van der Waals surface area contributed by atoms with Crippen molar-refractivity contribution in [3.8, 4) is 0 Å². The molecule has 2 aliphatic rings. The van der Waals surface area contributed by atoms with Crippen LogP contribution in [-0.4, -0.2) is 42.1 Å². The molecule has 0 aliphatic heterocycles. The van der Waals surface area contributed by atoms with Gasteiger partial charge in [-0.3, -0.25) is 4.79 Å². The van der Waals surface area contributed by atoms with Gasteiger partial charge in [0.1, 0.15) is 5.82 Å². The van der Waals surface area contributed by atoms with Gasteiger partial charge in [-0.25, -0.2) is 4.98 Å². The second-order valence-electron chi connectivity index (χ2n) is 10.0. The number of carbonyl (C=O) groups is 1. The number of aromatic nitrogens is 2. The molecule has 176 valence electrons. The Balaban J connectivity index is 1.18. The van der Waals surface area contributed by atoms with Gasteiger partial charge in [-0.1, -0.05) is 42.5 Å². The van der Waals surface area contributed by atoms with E-state index < -0.39 is 0 Å². The van der Waals surface area contributed by atoms with Crippen LogP contribution in [0.15, 0.2) is 60.2 Å². The Morgan fingerprint density at radius 2 is 1.74 bits per heavy atom. The van der Waals surface area contributed by atoms with Crippen molar-refractivity contribution in [2.75, 3.05) is 24.3 Å². The molecular formula is C28H33N5O. The summed E-state index contributed by atoms with van der Waals surface area (Å²) < 4.78 is 0. The predicted octanol–water partition coefficient (Wildman–Crippen LogP) is 5.03. The quantitative estimate of drug-likeness (QED) is 0.510. The third-order valence-electron chi connectivity index (χ3n) is 7.36. The summed E-state index contributed by atoms with van der Waals surface area (Å²) in [7, 11) is 4.03.